The van der Waals surface area contributed by atoms with Gasteiger partial charge in [-0.3, -0.25) is 4.79 Å². The van der Waals surface area contributed by atoms with Crippen molar-refractivity contribution in [2.45, 2.75) is 33.2 Å². The fourth-order valence-corrected chi connectivity index (χ4v) is 2.83. The summed E-state index contributed by atoms with van der Waals surface area (Å²) in [4.78, 5) is 17.4. The summed E-state index contributed by atoms with van der Waals surface area (Å²) in [6.45, 7) is 6.03. The van der Waals surface area contributed by atoms with Gasteiger partial charge in [0.1, 0.15) is 5.69 Å². The molecule has 122 valence electrons. The van der Waals surface area contributed by atoms with Crippen molar-refractivity contribution < 1.29 is 4.79 Å². The molecule has 2 aromatic carbocycles. The highest BCUT2D eigenvalue weighted by atomic mass is 16.1. The summed E-state index contributed by atoms with van der Waals surface area (Å²) in [5.41, 5.74) is 3.30. The zero-order valence-electron chi connectivity index (χ0n) is 14.3. The number of aryl methyl sites for hydroxylation is 1. The SMILES string of the molecule is CC[C@H](C)NC(=O)c1nc(-c2ccccc2)c2ccccc2c1C. The molecule has 1 heterocycles. The molecule has 0 spiro atoms. The van der Waals surface area contributed by atoms with Gasteiger partial charge >= 0.3 is 0 Å². The third-order valence-electron chi connectivity index (χ3n) is 4.42. The molecule has 3 nitrogen and oxygen atoms in total. The second kappa shape index (κ2) is 6.83. The van der Waals surface area contributed by atoms with Crippen LogP contribution in [-0.4, -0.2) is 16.9 Å². The van der Waals surface area contributed by atoms with Crippen LogP contribution in [0.2, 0.25) is 0 Å². The second-order valence-electron chi connectivity index (χ2n) is 6.13. The van der Waals surface area contributed by atoms with E-state index in [1.807, 2.05) is 56.3 Å². The topological polar surface area (TPSA) is 42.0 Å². The number of benzene rings is 2. The maximum Gasteiger partial charge on any atom is 0.270 e. The summed E-state index contributed by atoms with van der Waals surface area (Å²) >= 11 is 0. The highest BCUT2D eigenvalue weighted by molar-refractivity contribution is 6.04. The zero-order valence-corrected chi connectivity index (χ0v) is 14.3. The number of nitrogens with one attached hydrogen (secondary N) is 1. The lowest BCUT2D eigenvalue weighted by molar-refractivity contribution is 0.0934. The van der Waals surface area contributed by atoms with Crippen molar-refractivity contribution >= 4 is 16.7 Å². The van der Waals surface area contributed by atoms with Gasteiger partial charge in [0, 0.05) is 17.0 Å². The van der Waals surface area contributed by atoms with E-state index in [-0.39, 0.29) is 11.9 Å². The van der Waals surface area contributed by atoms with E-state index < -0.39 is 0 Å². The predicted octanol–water partition coefficient (Wildman–Crippen LogP) is 4.74. The molecule has 0 saturated carbocycles. The summed E-state index contributed by atoms with van der Waals surface area (Å²) < 4.78 is 0. The van der Waals surface area contributed by atoms with Gasteiger partial charge in [-0.1, -0.05) is 61.5 Å². The van der Waals surface area contributed by atoms with Gasteiger partial charge in [0.25, 0.3) is 5.91 Å². The van der Waals surface area contributed by atoms with Crippen molar-refractivity contribution in [3.8, 4) is 11.3 Å². The molecule has 0 aliphatic rings. The minimum Gasteiger partial charge on any atom is -0.348 e. The average molecular weight is 318 g/mol. The van der Waals surface area contributed by atoms with Gasteiger partial charge < -0.3 is 5.32 Å². The van der Waals surface area contributed by atoms with E-state index in [0.29, 0.717) is 5.69 Å². The third kappa shape index (κ3) is 3.02. The first-order valence-corrected chi connectivity index (χ1v) is 8.37. The van der Waals surface area contributed by atoms with E-state index in [0.717, 1.165) is 34.0 Å². The van der Waals surface area contributed by atoms with Crippen LogP contribution in [0.5, 0.6) is 0 Å². The molecule has 0 aliphatic heterocycles. The number of pyridine rings is 1. The number of fused-ring (bicyclic) bond motifs is 1. The molecule has 3 rings (SSSR count). The lowest BCUT2D eigenvalue weighted by Crippen LogP contribution is -2.33. The van der Waals surface area contributed by atoms with Crippen molar-refractivity contribution in [2.75, 3.05) is 0 Å². The van der Waals surface area contributed by atoms with Gasteiger partial charge in [0.2, 0.25) is 0 Å². The normalized spacial score (nSPS) is 12.1. The van der Waals surface area contributed by atoms with Crippen molar-refractivity contribution in [1.29, 1.82) is 0 Å². The number of aromatic nitrogens is 1. The largest absolute Gasteiger partial charge is 0.348 e. The van der Waals surface area contributed by atoms with Crippen molar-refractivity contribution in [3.05, 3.63) is 65.9 Å². The molecule has 0 bridgehead atoms. The standard InChI is InChI=1S/C21H22N2O/c1-4-14(2)22-21(24)19-15(3)17-12-8-9-13-18(17)20(23-19)16-10-6-5-7-11-16/h5-14H,4H2,1-3H3,(H,22,24)/t14-/m0/s1. The fraction of sp³-hybridized carbons (Fsp3) is 0.238. The molecule has 1 N–H and O–H groups in total. The van der Waals surface area contributed by atoms with Crippen LogP contribution in [0.1, 0.15) is 36.3 Å². The maximum absolute atomic E-state index is 12.7. The minimum absolute atomic E-state index is 0.107. The van der Waals surface area contributed by atoms with Crippen molar-refractivity contribution in [3.63, 3.8) is 0 Å². The Morgan fingerprint density at radius 2 is 1.67 bits per heavy atom. The van der Waals surface area contributed by atoms with E-state index in [9.17, 15) is 4.79 Å². The van der Waals surface area contributed by atoms with E-state index in [2.05, 4.69) is 24.4 Å². The summed E-state index contributed by atoms with van der Waals surface area (Å²) in [6, 6.07) is 18.3. The molecule has 0 aliphatic carbocycles. The molecule has 0 unspecified atom stereocenters. The van der Waals surface area contributed by atoms with Crippen LogP contribution < -0.4 is 5.32 Å². The summed E-state index contributed by atoms with van der Waals surface area (Å²) in [7, 11) is 0. The van der Waals surface area contributed by atoms with E-state index in [1.54, 1.807) is 0 Å². The number of carbonyl (C=O) groups is 1. The van der Waals surface area contributed by atoms with E-state index >= 15 is 0 Å². The molecule has 0 radical (unpaired) electrons. The molecular weight excluding hydrogens is 296 g/mol. The summed E-state index contributed by atoms with van der Waals surface area (Å²) in [5.74, 6) is -0.107. The molecule has 0 fully saturated rings. The van der Waals surface area contributed by atoms with Crippen molar-refractivity contribution in [1.82, 2.24) is 10.3 Å². The molecule has 24 heavy (non-hydrogen) atoms. The molecule has 1 amide bonds. The van der Waals surface area contributed by atoms with Gasteiger partial charge in [-0.25, -0.2) is 4.98 Å². The van der Waals surface area contributed by atoms with Crippen molar-refractivity contribution in [2.24, 2.45) is 0 Å². The van der Waals surface area contributed by atoms with Crippen LogP contribution in [0.3, 0.4) is 0 Å². The van der Waals surface area contributed by atoms with Crippen LogP contribution in [0.25, 0.3) is 22.0 Å². The number of carbonyl (C=O) groups excluding carboxylic acids is 1. The molecule has 0 saturated heterocycles. The van der Waals surface area contributed by atoms with E-state index in [1.165, 1.54) is 0 Å². The Morgan fingerprint density at radius 3 is 2.33 bits per heavy atom. The Bertz CT molecular complexity index is 872. The number of hydrogen-bond acceptors (Lipinski definition) is 2. The monoisotopic (exact) mass is 318 g/mol. The highest BCUT2D eigenvalue weighted by Gasteiger charge is 2.18. The smallest absolute Gasteiger partial charge is 0.270 e. The number of amides is 1. The van der Waals surface area contributed by atoms with Gasteiger partial charge in [0.05, 0.1) is 5.69 Å². The first-order chi connectivity index (χ1) is 11.6. The Labute approximate surface area is 142 Å². The first kappa shape index (κ1) is 16.2. The van der Waals surface area contributed by atoms with Crippen LogP contribution in [0.15, 0.2) is 54.6 Å². The van der Waals surface area contributed by atoms with Crippen LogP contribution in [-0.2, 0) is 0 Å². The fourth-order valence-electron chi connectivity index (χ4n) is 2.83. The molecule has 3 heteroatoms. The molecule has 1 atom stereocenters. The third-order valence-corrected chi connectivity index (χ3v) is 4.42. The Balaban J connectivity index is 2.21. The first-order valence-electron chi connectivity index (χ1n) is 8.37. The van der Waals surface area contributed by atoms with Gasteiger partial charge in [-0.05, 0) is 31.2 Å². The van der Waals surface area contributed by atoms with Gasteiger partial charge in [0.15, 0.2) is 0 Å². The Morgan fingerprint density at radius 1 is 1.04 bits per heavy atom. The van der Waals surface area contributed by atoms with Gasteiger partial charge in [-0.2, -0.15) is 0 Å². The zero-order chi connectivity index (χ0) is 17.1. The van der Waals surface area contributed by atoms with Crippen LogP contribution in [0.4, 0.5) is 0 Å². The summed E-state index contributed by atoms with van der Waals surface area (Å²) in [6.07, 6.45) is 0.893. The second-order valence-corrected chi connectivity index (χ2v) is 6.13. The highest BCUT2D eigenvalue weighted by Crippen LogP contribution is 2.30. The van der Waals surface area contributed by atoms with Crippen LogP contribution >= 0.6 is 0 Å². The minimum atomic E-state index is -0.107. The number of rotatable bonds is 4. The van der Waals surface area contributed by atoms with Crippen LogP contribution in [0, 0.1) is 6.92 Å². The molecular formula is C21H22N2O. The van der Waals surface area contributed by atoms with E-state index in [4.69, 9.17) is 4.98 Å². The summed E-state index contributed by atoms with van der Waals surface area (Å²) in [5, 5.41) is 5.17. The number of nitrogens with zero attached hydrogens (tertiary/aromatic N) is 1. The van der Waals surface area contributed by atoms with Gasteiger partial charge in [-0.15, -0.1) is 0 Å². The lowest BCUT2D eigenvalue weighted by atomic mass is 9.98. The average Bonchev–Trinajstić information content (AvgIpc) is 2.62. The maximum atomic E-state index is 12.7. The quantitative estimate of drug-likeness (QED) is 0.755. The predicted molar refractivity (Wildman–Crippen MR) is 99.1 cm³/mol. The Hall–Kier alpha value is -2.68. The lowest BCUT2D eigenvalue weighted by Gasteiger charge is -2.16. The Kier molecular flexibility index (Phi) is 4.61. The molecule has 3 aromatic rings. The number of hydrogen-bond donors (Lipinski definition) is 1. The molecule has 1 aromatic heterocycles.